The van der Waals surface area contributed by atoms with E-state index in [0.717, 1.165) is 5.56 Å². The predicted octanol–water partition coefficient (Wildman–Crippen LogP) is 3.44. The summed E-state index contributed by atoms with van der Waals surface area (Å²) in [6.07, 6.45) is 1.66. The molecule has 0 aliphatic heterocycles. The van der Waals surface area contributed by atoms with Gasteiger partial charge in [0.2, 0.25) is 0 Å². The molecule has 132 valence electrons. The average molecular weight is 367 g/mol. The maximum atomic E-state index is 12.3. The van der Waals surface area contributed by atoms with Crippen molar-refractivity contribution >= 4 is 27.4 Å². The molecule has 1 heterocycles. The number of benzene rings is 2. The number of carbonyl (C=O) groups excluding carboxylic acids is 1. The van der Waals surface area contributed by atoms with Gasteiger partial charge in [0.25, 0.3) is 15.9 Å². The Labute approximate surface area is 152 Å². The van der Waals surface area contributed by atoms with Crippen LogP contribution in [0.3, 0.4) is 0 Å². The molecule has 7 heteroatoms. The number of sulfonamides is 1. The van der Waals surface area contributed by atoms with Crippen LogP contribution in [-0.2, 0) is 10.0 Å². The molecular weight excluding hydrogens is 350 g/mol. The quantitative estimate of drug-likeness (QED) is 0.723. The summed E-state index contributed by atoms with van der Waals surface area (Å²) in [5, 5.41) is 2.69. The van der Waals surface area contributed by atoms with E-state index >= 15 is 0 Å². The van der Waals surface area contributed by atoms with Crippen molar-refractivity contribution in [2.75, 3.05) is 10.0 Å². The minimum absolute atomic E-state index is 0.173. The van der Waals surface area contributed by atoms with Crippen molar-refractivity contribution in [2.45, 2.75) is 11.8 Å². The highest BCUT2D eigenvalue weighted by Crippen LogP contribution is 2.17. The van der Waals surface area contributed by atoms with Gasteiger partial charge in [-0.15, -0.1) is 0 Å². The number of aromatic nitrogens is 1. The lowest BCUT2D eigenvalue weighted by Gasteiger charge is -2.09. The molecule has 0 unspecified atom stereocenters. The summed E-state index contributed by atoms with van der Waals surface area (Å²) in [6, 6.07) is 17.8. The Balaban J connectivity index is 1.70. The van der Waals surface area contributed by atoms with Gasteiger partial charge in [-0.3, -0.25) is 9.52 Å². The van der Waals surface area contributed by atoms with Crippen molar-refractivity contribution in [1.82, 2.24) is 4.98 Å². The zero-order valence-corrected chi connectivity index (χ0v) is 14.8. The summed E-state index contributed by atoms with van der Waals surface area (Å²) < 4.78 is 27.1. The fourth-order valence-electron chi connectivity index (χ4n) is 2.23. The van der Waals surface area contributed by atoms with Gasteiger partial charge in [0.05, 0.1) is 4.90 Å². The van der Waals surface area contributed by atoms with E-state index in [1.54, 1.807) is 42.6 Å². The highest BCUT2D eigenvalue weighted by molar-refractivity contribution is 7.92. The van der Waals surface area contributed by atoms with Crippen LogP contribution < -0.4 is 10.0 Å². The fraction of sp³-hybridized carbons (Fsp3) is 0.0526. The Morgan fingerprint density at radius 2 is 1.62 bits per heavy atom. The van der Waals surface area contributed by atoms with Crippen molar-refractivity contribution < 1.29 is 13.2 Å². The Kier molecular flexibility index (Phi) is 4.99. The second-order valence-corrected chi connectivity index (χ2v) is 7.35. The summed E-state index contributed by atoms with van der Waals surface area (Å²) >= 11 is 0. The smallest absolute Gasteiger partial charge is 0.261 e. The number of pyridine rings is 1. The fourth-order valence-corrected chi connectivity index (χ4v) is 3.31. The summed E-state index contributed by atoms with van der Waals surface area (Å²) in [5.41, 5.74) is 1.77. The van der Waals surface area contributed by atoms with Crippen molar-refractivity contribution in [3.63, 3.8) is 0 Å². The SMILES string of the molecule is Cc1ccc(NC(=O)c2ccc(NS(=O)(=O)c3ccccc3)cc2)nc1. The summed E-state index contributed by atoms with van der Waals surface area (Å²) in [6.45, 7) is 1.91. The molecule has 0 saturated carbocycles. The number of rotatable bonds is 5. The third kappa shape index (κ3) is 4.25. The molecule has 3 rings (SSSR count). The van der Waals surface area contributed by atoms with Gasteiger partial charge >= 0.3 is 0 Å². The van der Waals surface area contributed by atoms with Gasteiger partial charge in [0.15, 0.2) is 0 Å². The summed E-state index contributed by atoms with van der Waals surface area (Å²) in [7, 11) is -3.66. The molecule has 6 nitrogen and oxygen atoms in total. The molecule has 0 aliphatic rings. The maximum Gasteiger partial charge on any atom is 0.261 e. The lowest BCUT2D eigenvalue weighted by atomic mass is 10.2. The first kappa shape index (κ1) is 17.6. The van der Waals surface area contributed by atoms with Gasteiger partial charge in [-0.1, -0.05) is 24.3 Å². The molecule has 0 radical (unpaired) electrons. The van der Waals surface area contributed by atoms with Gasteiger partial charge in [0.1, 0.15) is 5.82 Å². The first-order valence-electron chi connectivity index (χ1n) is 7.86. The molecule has 26 heavy (non-hydrogen) atoms. The Morgan fingerprint density at radius 3 is 2.23 bits per heavy atom. The number of anilines is 2. The number of nitrogens with zero attached hydrogens (tertiary/aromatic N) is 1. The molecule has 2 N–H and O–H groups in total. The third-order valence-electron chi connectivity index (χ3n) is 3.61. The normalized spacial score (nSPS) is 11.0. The second-order valence-electron chi connectivity index (χ2n) is 5.67. The van der Waals surface area contributed by atoms with Crippen LogP contribution in [0.2, 0.25) is 0 Å². The monoisotopic (exact) mass is 367 g/mol. The van der Waals surface area contributed by atoms with Crippen LogP contribution in [-0.4, -0.2) is 19.3 Å². The van der Waals surface area contributed by atoms with Gasteiger partial charge in [-0.05, 0) is 55.0 Å². The van der Waals surface area contributed by atoms with Crippen LogP contribution >= 0.6 is 0 Å². The van der Waals surface area contributed by atoms with Crippen LogP contribution in [0.4, 0.5) is 11.5 Å². The molecule has 0 spiro atoms. The number of carbonyl (C=O) groups is 1. The molecule has 0 fully saturated rings. The summed E-state index contributed by atoms with van der Waals surface area (Å²) in [5.74, 6) is 0.133. The van der Waals surface area contributed by atoms with E-state index in [4.69, 9.17) is 0 Å². The van der Waals surface area contributed by atoms with Crippen LogP contribution in [0.15, 0.2) is 77.8 Å². The number of hydrogen-bond acceptors (Lipinski definition) is 4. The lowest BCUT2D eigenvalue weighted by Crippen LogP contribution is -2.14. The molecule has 1 amide bonds. The van der Waals surface area contributed by atoms with E-state index in [-0.39, 0.29) is 10.8 Å². The van der Waals surface area contributed by atoms with Crippen LogP contribution in [0, 0.1) is 6.92 Å². The van der Waals surface area contributed by atoms with E-state index in [9.17, 15) is 13.2 Å². The average Bonchev–Trinajstić information content (AvgIpc) is 2.64. The molecule has 0 bridgehead atoms. The molecule has 0 atom stereocenters. The van der Waals surface area contributed by atoms with Gasteiger partial charge in [-0.2, -0.15) is 0 Å². The molecule has 2 aromatic carbocycles. The van der Waals surface area contributed by atoms with E-state index in [0.29, 0.717) is 17.1 Å². The van der Waals surface area contributed by atoms with Crippen LogP contribution in [0.25, 0.3) is 0 Å². The number of nitrogens with one attached hydrogen (secondary N) is 2. The van der Waals surface area contributed by atoms with E-state index < -0.39 is 10.0 Å². The zero-order valence-electron chi connectivity index (χ0n) is 14.0. The minimum atomic E-state index is -3.66. The maximum absolute atomic E-state index is 12.3. The first-order chi connectivity index (χ1) is 12.4. The number of amides is 1. The third-order valence-corrected chi connectivity index (χ3v) is 5.00. The topological polar surface area (TPSA) is 88.2 Å². The highest BCUT2D eigenvalue weighted by Gasteiger charge is 2.14. The molecule has 0 saturated heterocycles. The molecule has 3 aromatic rings. The van der Waals surface area contributed by atoms with Crippen LogP contribution in [0.5, 0.6) is 0 Å². The molecule has 1 aromatic heterocycles. The van der Waals surface area contributed by atoms with Gasteiger partial charge in [-0.25, -0.2) is 13.4 Å². The van der Waals surface area contributed by atoms with Crippen LogP contribution in [0.1, 0.15) is 15.9 Å². The van der Waals surface area contributed by atoms with E-state index in [1.165, 1.54) is 24.3 Å². The van der Waals surface area contributed by atoms with Crippen molar-refractivity contribution in [2.24, 2.45) is 0 Å². The number of hydrogen-bond donors (Lipinski definition) is 2. The van der Waals surface area contributed by atoms with Gasteiger partial charge < -0.3 is 5.32 Å². The first-order valence-corrected chi connectivity index (χ1v) is 9.34. The van der Waals surface area contributed by atoms with E-state index in [1.807, 2.05) is 13.0 Å². The Hall–Kier alpha value is -3.19. The largest absolute Gasteiger partial charge is 0.307 e. The molecular formula is C19H17N3O3S. The highest BCUT2D eigenvalue weighted by atomic mass is 32.2. The van der Waals surface area contributed by atoms with Crippen molar-refractivity contribution in [3.05, 3.63) is 84.1 Å². The Morgan fingerprint density at radius 1 is 0.923 bits per heavy atom. The predicted molar refractivity (Wildman–Crippen MR) is 101 cm³/mol. The Bertz CT molecular complexity index is 1000. The van der Waals surface area contributed by atoms with Crippen molar-refractivity contribution in [1.29, 1.82) is 0 Å². The standard InChI is InChI=1S/C19H17N3O3S/c1-14-7-12-18(20-13-14)21-19(23)15-8-10-16(11-9-15)22-26(24,25)17-5-3-2-4-6-17/h2-13,22H,1H3,(H,20,21,23). The second kappa shape index (κ2) is 7.37. The number of aryl methyl sites for hydroxylation is 1. The molecule has 0 aliphatic carbocycles. The lowest BCUT2D eigenvalue weighted by molar-refractivity contribution is 0.102. The minimum Gasteiger partial charge on any atom is -0.307 e. The van der Waals surface area contributed by atoms with Gasteiger partial charge in [0, 0.05) is 17.4 Å². The zero-order chi connectivity index (χ0) is 18.6. The summed E-state index contributed by atoms with van der Waals surface area (Å²) in [4.78, 5) is 16.5. The van der Waals surface area contributed by atoms with Crippen molar-refractivity contribution in [3.8, 4) is 0 Å². The van der Waals surface area contributed by atoms with E-state index in [2.05, 4.69) is 15.0 Å².